The van der Waals surface area contributed by atoms with E-state index in [9.17, 15) is 8.42 Å². The van der Waals surface area contributed by atoms with Crippen molar-refractivity contribution in [1.82, 2.24) is 4.31 Å². The molecule has 4 nitrogen and oxygen atoms in total. The van der Waals surface area contributed by atoms with Crippen molar-refractivity contribution < 1.29 is 13.2 Å². The van der Waals surface area contributed by atoms with Gasteiger partial charge in [0.05, 0.1) is 17.1 Å². The van der Waals surface area contributed by atoms with Crippen LogP contribution < -0.4 is 0 Å². The lowest BCUT2D eigenvalue weighted by Crippen LogP contribution is -2.48. The molecule has 0 radical (unpaired) electrons. The number of rotatable bonds is 2. The molecule has 1 aliphatic rings. The van der Waals surface area contributed by atoms with Crippen LogP contribution in [0.5, 0.6) is 0 Å². The summed E-state index contributed by atoms with van der Waals surface area (Å²) < 4.78 is 33.0. The van der Waals surface area contributed by atoms with E-state index in [0.717, 1.165) is 16.7 Å². The van der Waals surface area contributed by atoms with Gasteiger partial charge in [0.1, 0.15) is 0 Å². The highest BCUT2D eigenvalue weighted by Crippen LogP contribution is 2.27. The van der Waals surface area contributed by atoms with E-state index in [2.05, 4.69) is 0 Å². The number of ether oxygens (including phenoxy) is 1. The number of hydrogen-bond acceptors (Lipinski definition) is 3. The Balaban J connectivity index is 2.45. The van der Waals surface area contributed by atoms with Crippen LogP contribution in [0.2, 0.25) is 0 Å². The predicted molar refractivity (Wildman–Crippen MR) is 79.4 cm³/mol. The van der Waals surface area contributed by atoms with Crippen molar-refractivity contribution >= 4 is 10.0 Å². The molecule has 1 aromatic carbocycles. The van der Waals surface area contributed by atoms with Crippen LogP contribution >= 0.6 is 0 Å². The second-order valence-corrected chi connectivity index (χ2v) is 7.68. The molecule has 1 saturated heterocycles. The van der Waals surface area contributed by atoms with E-state index in [1.165, 1.54) is 0 Å². The molecule has 112 valence electrons. The minimum absolute atomic E-state index is 0.0698. The molecule has 5 heteroatoms. The van der Waals surface area contributed by atoms with Crippen LogP contribution in [0, 0.1) is 20.8 Å². The van der Waals surface area contributed by atoms with Gasteiger partial charge in [-0.25, -0.2) is 8.42 Å². The zero-order valence-corrected chi connectivity index (χ0v) is 13.6. The molecule has 0 spiro atoms. The van der Waals surface area contributed by atoms with Crippen molar-refractivity contribution in [3.8, 4) is 0 Å². The van der Waals surface area contributed by atoms with Gasteiger partial charge in [-0.05, 0) is 45.7 Å². The topological polar surface area (TPSA) is 46.6 Å². The zero-order chi connectivity index (χ0) is 15.1. The third kappa shape index (κ3) is 2.90. The summed E-state index contributed by atoms with van der Waals surface area (Å²) in [5.41, 5.74) is 2.71. The number of aryl methyl sites for hydroxylation is 3. The minimum Gasteiger partial charge on any atom is -0.373 e. The van der Waals surface area contributed by atoms with Gasteiger partial charge in [-0.3, -0.25) is 0 Å². The van der Waals surface area contributed by atoms with E-state index in [1.807, 2.05) is 46.8 Å². The Bertz CT molecular complexity index is 577. The lowest BCUT2D eigenvalue weighted by atomic mass is 10.1. The van der Waals surface area contributed by atoms with Crippen LogP contribution in [0.3, 0.4) is 0 Å². The van der Waals surface area contributed by atoms with Gasteiger partial charge in [-0.1, -0.05) is 17.7 Å². The number of hydrogen-bond donors (Lipinski definition) is 0. The number of morpholine rings is 1. The fraction of sp³-hybridized carbons (Fsp3) is 0.600. The fourth-order valence-electron chi connectivity index (χ4n) is 3.03. The molecule has 0 unspecified atom stereocenters. The lowest BCUT2D eigenvalue weighted by molar-refractivity contribution is -0.0441. The predicted octanol–water partition coefficient (Wildman–Crippen LogP) is 2.41. The summed E-state index contributed by atoms with van der Waals surface area (Å²) in [4.78, 5) is 0.449. The Morgan fingerprint density at radius 2 is 1.50 bits per heavy atom. The van der Waals surface area contributed by atoms with Crippen molar-refractivity contribution in [2.24, 2.45) is 0 Å². The molecule has 0 aliphatic carbocycles. The van der Waals surface area contributed by atoms with Crippen molar-refractivity contribution in [2.75, 3.05) is 13.1 Å². The Hall–Kier alpha value is -0.910. The molecular weight excluding hydrogens is 274 g/mol. The summed E-state index contributed by atoms with van der Waals surface area (Å²) in [6.45, 7) is 10.4. The van der Waals surface area contributed by atoms with Crippen LogP contribution in [0.4, 0.5) is 0 Å². The Morgan fingerprint density at radius 1 is 1.05 bits per heavy atom. The molecule has 1 fully saturated rings. The van der Waals surface area contributed by atoms with Gasteiger partial charge < -0.3 is 4.74 Å². The van der Waals surface area contributed by atoms with E-state index in [1.54, 1.807) is 4.31 Å². The van der Waals surface area contributed by atoms with E-state index < -0.39 is 10.0 Å². The third-order valence-corrected chi connectivity index (χ3v) is 5.73. The molecule has 0 saturated carbocycles. The highest BCUT2D eigenvalue weighted by atomic mass is 32.2. The van der Waals surface area contributed by atoms with Gasteiger partial charge in [0, 0.05) is 13.1 Å². The summed E-state index contributed by atoms with van der Waals surface area (Å²) in [5.74, 6) is 0. The summed E-state index contributed by atoms with van der Waals surface area (Å²) in [6.07, 6.45) is -0.140. The molecule has 1 aliphatic heterocycles. The Labute approximate surface area is 121 Å². The highest BCUT2D eigenvalue weighted by Gasteiger charge is 2.33. The summed E-state index contributed by atoms with van der Waals surface area (Å²) >= 11 is 0. The molecule has 0 bridgehead atoms. The number of nitrogens with zero attached hydrogens (tertiary/aromatic N) is 1. The Morgan fingerprint density at radius 3 is 1.95 bits per heavy atom. The van der Waals surface area contributed by atoms with E-state index in [0.29, 0.717) is 18.0 Å². The summed E-state index contributed by atoms with van der Waals surface area (Å²) in [5, 5.41) is 0. The molecule has 0 amide bonds. The molecular formula is C15H23NO3S. The molecule has 1 aromatic rings. The normalized spacial score (nSPS) is 24.9. The van der Waals surface area contributed by atoms with Crippen molar-refractivity contribution in [2.45, 2.75) is 51.7 Å². The molecule has 0 aromatic heterocycles. The van der Waals surface area contributed by atoms with Crippen LogP contribution in [0.1, 0.15) is 30.5 Å². The molecule has 2 atom stereocenters. The first-order valence-electron chi connectivity index (χ1n) is 6.95. The van der Waals surface area contributed by atoms with Gasteiger partial charge in [-0.15, -0.1) is 0 Å². The molecule has 1 heterocycles. The van der Waals surface area contributed by atoms with E-state index in [4.69, 9.17) is 4.74 Å². The largest absolute Gasteiger partial charge is 0.373 e. The first-order valence-corrected chi connectivity index (χ1v) is 8.39. The molecule has 2 rings (SSSR count). The maximum absolute atomic E-state index is 12.9. The van der Waals surface area contributed by atoms with Gasteiger partial charge in [0.15, 0.2) is 0 Å². The van der Waals surface area contributed by atoms with Gasteiger partial charge in [-0.2, -0.15) is 4.31 Å². The van der Waals surface area contributed by atoms with Crippen molar-refractivity contribution in [3.63, 3.8) is 0 Å². The molecule has 0 N–H and O–H groups in total. The van der Waals surface area contributed by atoms with Crippen LogP contribution in [-0.4, -0.2) is 38.0 Å². The summed E-state index contributed by atoms with van der Waals surface area (Å²) in [7, 11) is -3.45. The van der Waals surface area contributed by atoms with Gasteiger partial charge in [0.2, 0.25) is 10.0 Å². The highest BCUT2D eigenvalue weighted by molar-refractivity contribution is 7.89. The maximum Gasteiger partial charge on any atom is 0.243 e. The van der Waals surface area contributed by atoms with Crippen LogP contribution in [-0.2, 0) is 14.8 Å². The van der Waals surface area contributed by atoms with Crippen molar-refractivity contribution in [3.05, 3.63) is 28.8 Å². The Kier molecular flexibility index (Phi) is 4.23. The lowest BCUT2D eigenvalue weighted by Gasteiger charge is -2.35. The van der Waals surface area contributed by atoms with Crippen LogP contribution in [0.25, 0.3) is 0 Å². The van der Waals surface area contributed by atoms with E-state index in [-0.39, 0.29) is 12.2 Å². The second-order valence-electron chi connectivity index (χ2n) is 5.81. The quantitative estimate of drug-likeness (QED) is 0.842. The third-order valence-electron chi connectivity index (χ3n) is 3.59. The first kappa shape index (κ1) is 15.5. The number of benzene rings is 1. The van der Waals surface area contributed by atoms with Gasteiger partial charge in [0.25, 0.3) is 0 Å². The molecule has 20 heavy (non-hydrogen) atoms. The minimum atomic E-state index is -3.45. The van der Waals surface area contributed by atoms with E-state index >= 15 is 0 Å². The maximum atomic E-state index is 12.9. The standard InChI is InChI=1S/C15H23NO3S/c1-10-6-11(2)15(12(3)7-10)20(17,18)16-8-13(4)19-14(5)9-16/h6-7,13-14H,8-9H2,1-5H3/t13-,14+. The smallest absolute Gasteiger partial charge is 0.243 e. The van der Waals surface area contributed by atoms with Crippen molar-refractivity contribution in [1.29, 1.82) is 0 Å². The fourth-order valence-corrected chi connectivity index (χ4v) is 5.03. The average molecular weight is 297 g/mol. The SMILES string of the molecule is Cc1cc(C)c(S(=O)(=O)N2C[C@@H](C)O[C@@H](C)C2)c(C)c1. The van der Waals surface area contributed by atoms with Crippen LogP contribution in [0.15, 0.2) is 17.0 Å². The summed E-state index contributed by atoms with van der Waals surface area (Å²) in [6, 6.07) is 3.85. The second kappa shape index (κ2) is 5.47. The average Bonchev–Trinajstić information content (AvgIpc) is 2.25. The monoisotopic (exact) mass is 297 g/mol. The number of sulfonamides is 1. The first-order chi connectivity index (χ1) is 9.21. The van der Waals surface area contributed by atoms with Gasteiger partial charge >= 0.3 is 0 Å². The zero-order valence-electron chi connectivity index (χ0n) is 12.8.